The second kappa shape index (κ2) is 5.79. The minimum atomic E-state index is -0.0898. The van der Waals surface area contributed by atoms with Gasteiger partial charge in [0.25, 0.3) is 0 Å². The van der Waals surface area contributed by atoms with Crippen LogP contribution in [0, 0.1) is 17.8 Å². The van der Waals surface area contributed by atoms with Crippen molar-refractivity contribution in [1.82, 2.24) is 4.90 Å². The number of hydrogen-bond acceptors (Lipinski definition) is 3. The quantitative estimate of drug-likeness (QED) is 0.851. The summed E-state index contributed by atoms with van der Waals surface area (Å²) in [4.78, 5) is 26.2. The summed E-state index contributed by atoms with van der Waals surface area (Å²) in [6, 6.07) is 7.70. The van der Waals surface area contributed by atoms with Crippen molar-refractivity contribution in [2.75, 3.05) is 12.0 Å². The van der Waals surface area contributed by atoms with Gasteiger partial charge in [0.15, 0.2) is 0 Å². The van der Waals surface area contributed by atoms with E-state index in [1.807, 2.05) is 24.3 Å². The lowest BCUT2D eigenvalue weighted by Crippen LogP contribution is -2.35. The third kappa shape index (κ3) is 2.84. The van der Waals surface area contributed by atoms with Crippen molar-refractivity contribution >= 4 is 33.4 Å². The first-order valence-electron chi connectivity index (χ1n) is 7.41. The molecule has 0 spiro atoms. The molecular formula is C16H19BrN2O2. The number of anilines is 1. The second-order valence-corrected chi connectivity index (χ2v) is 6.99. The van der Waals surface area contributed by atoms with Gasteiger partial charge in [-0.15, -0.1) is 0 Å². The molecule has 0 aromatic heterocycles. The maximum Gasteiger partial charge on any atom is 0.234 e. The molecule has 112 valence electrons. The molecule has 5 heteroatoms. The Bertz CT molecular complexity index is 558. The Morgan fingerprint density at radius 1 is 1.14 bits per heavy atom. The van der Waals surface area contributed by atoms with Crippen LogP contribution in [0.5, 0.6) is 0 Å². The van der Waals surface area contributed by atoms with Gasteiger partial charge in [0.05, 0.1) is 18.5 Å². The zero-order valence-corrected chi connectivity index (χ0v) is 13.6. The minimum absolute atomic E-state index is 0.00108. The zero-order chi connectivity index (χ0) is 15.0. The van der Waals surface area contributed by atoms with E-state index in [0.29, 0.717) is 5.92 Å². The highest BCUT2D eigenvalue weighted by molar-refractivity contribution is 9.10. The highest BCUT2D eigenvalue weighted by Gasteiger charge is 2.49. The number of amides is 2. The van der Waals surface area contributed by atoms with Gasteiger partial charge in [-0.3, -0.25) is 14.5 Å². The molecule has 21 heavy (non-hydrogen) atoms. The van der Waals surface area contributed by atoms with Gasteiger partial charge in [-0.05, 0) is 49.4 Å². The van der Waals surface area contributed by atoms with Crippen LogP contribution in [0.3, 0.4) is 0 Å². The number of rotatable bonds is 3. The normalized spacial score (nSPS) is 28.7. The number of benzene rings is 1. The molecule has 1 saturated carbocycles. The monoisotopic (exact) mass is 350 g/mol. The van der Waals surface area contributed by atoms with Crippen LogP contribution in [-0.2, 0) is 9.59 Å². The van der Waals surface area contributed by atoms with Crippen LogP contribution in [0.2, 0.25) is 0 Å². The summed E-state index contributed by atoms with van der Waals surface area (Å²) in [5.41, 5.74) is 0.905. The molecule has 1 N–H and O–H groups in total. The summed E-state index contributed by atoms with van der Waals surface area (Å²) in [6.45, 7) is 2.43. The topological polar surface area (TPSA) is 49.4 Å². The fraction of sp³-hybridized carbons (Fsp3) is 0.500. The highest BCUT2D eigenvalue weighted by Crippen LogP contribution is 2.40. The Hall–Kier alpha value is -1.36. The number of fused-ring (bicyclic) bond motifs is 1. The van der Waals surface area contributed by atoms with Crippen LogP contribution in [0.25, 0.3) is 0 Å². The molecule has 1 aliphatic carbocycles. The van der Waals surface area contributed by atoms with Crippen molar-refractivity contribution in [1.29, 1.82) is 0 Å². The van der Waals surface area contributed by atoms with Crippen LogP contribution < -0.4 is 5.32 Å². The van der Waals surface area contributed by atoms with E-state index in [4.69, 9.17) is 0 Å². The molecule has 1 aromatic carbocycles. The Balaban J connectivity index is 1.67. The summed E-state index contributed by atoms with van der Waals surface area (Å²) in [6.07, 6.45) is 2.75. The minimum Gasteiger partial charge on any atom is -0.367 e. The number of imide groups is 1. The van der Waals surface area contributed by atoms with Crippen LogP contribution in [0.1, 0.15) is 26.2 Å². The predicted octanol–water partition coefficient (Wildman–Crippen LogP) is 3.24. The lowest BCUT2D eigenvalue weighted by Gasteiger charge is -2.25. The summed E-state index contributed by atoms with van der Waals surface area (Å²) in [7, 11) is 0. The van der Waals surface area contributed by atoms with Gasteiger partial charge in [0.2, 0.25) is 11.8 Å². The van der Waals surface area contributed by atoms with Gasteiger partial charge in [-0.25, -0.2) is 0 Å². The largest absolute Gasteiger partial charge is 0.367 e. The second-order valence-electron chi connectivity index (χ2n) is 6.08. The van der Waals surface area contributed by atoms with E-state index in [1.54, 1.807) is 0 Å². The SMILES string of the molecule is C[C@@H]1CC[C@H]2C(=O)N(CNc3ccc(Br)cc3)C(=O)[C@H]2C1. The fourth-order valence-corrected chi connectivity index (χ4v) is 3.62. The van der Waals surface area contributed by atoms with Crippen LogP contribution >= 0.6 is 15.9 Å². The van der Waals surface area contributed by atoms with Gasteiger partial charge >= 0.3 is 0 Å². The molecule has 4 nitrogen and oxygen atoms in total. The van der Waals surface area contributed by atoms with Crippen molar-refractivity contribution < 1.29 is 9.59 Å². The molecule has 1 aliphatic heterocycles. The maximum atomic E-state index is 12.4. The number of carbonyl (C=O) groups is 2. The first kappa shape index (κ1) is 14.6. The van der Waals surface area contributed by atoms with E-state index in [-0.39, 0.29) is 30.3 Å². The molecule has 2 fully saturated rings. The first-order valence-corrected chi connectivity index (χ1v) is 8.20. The van der Waals surface area contributed by atoms with Gasteiger partial charge < -0.3 is 5.32 Å². The molecule has 0 radical (unpaired) electrons. The van der Waals surface area contributed by atoms with E-state index in [0.717, 1.165) is 29.4 Å². The average molecular weight is 351 g/mol. The van der Waals surface area contributed by atoms with E-state index < -0.39 is 0 Å². The highest BCUT2D eigenvalue weighted by atomic mass is 79.9. The Kier molecular flexibility index (Phi) is 4.02. The molecule has 1 saturated heterocycles. The lowest BCUT2D eigenvalue weighted by molar-refractivity contribution is -0.139. The fourth-order valence-electron chi connectivity index (χ4n) is 3.35. The van der Waals surface area contributed by atoms with Gasteiger partial charge in [0.1, 0.15) is 0 Å². The average Bonchev–Trinajstić information content (AvgIpc) is 2.70. The number of hydrogen-bond donors (Lipinski definition) is 1. The Morgan fingerprint density at radius 3 is 2.52 bits per heavy atom. The summed E-state index contributed by atoms with van der Waals surface area (Å²) >= 11 is 3.38. The smallest absolute Gasteiger partial charge is 0.234 e. The van der Waals surface area contributed by atoms with Crippen molar-refractivity contribution in [2.24, 2.45) is 17.8 Å². The van der Waals surface area contributed by atoms with Gasteiger partial charge in [-0.2, -0.15) is 0 Å². The number of carbonyl (C=O) groups excluding carboxylic acids is 2. The summed E-state index contributed by atoms with van der Waals surface area (Å²) in [5, 5.41) is 3.16. The molecule has 1 aromatic rings. The van der Waals surface area contributed by atoms with Crippen LogP contribution in [0.4, 0.5) is 5.69 Å². The van der Waals surface area contributed by atoms with Crippen molar-refractivity contribution in [3.8, 4) is 0 Å². The molecule has 0 bridgehead atoms. The molecule has 2 amide bonds. The van der Waals surface area contributed by atoms with E-state index in [1.165, 1.54) is 4.90 Å². The Morgan fingerprint density at radius 2 is 1.81 bits per heavy atom. The third-order valence-electron chi connectivity index (χ3n) is 4.56. The number of nitrogens with one attached hydrogen (secondary N) is 1. The lowest BCUT2D eigenvalue weighted by atomic mass is 9.76. The van der Waals surface area contributed by atoms with Gasteiger partial charge in [-0.1, -0.05) is 22.9 Å². The zero-order valence-electron chi connectivity index (χ0n) is 12.0. The van der Waals surface area contributed by atoms with Crippen LogP contribution in [-0.4, -0.2) is 23.4 Å². The number of likely N-dealkylation sites (tertiary alicyclic amines) is 1. The van der Waals surface area contributed by atoms with Crippen molar-refractivity contribution in [3.63, 3.8) is 0 Å². The van der Waals surface area contributed by atoms with Crippen molar-refractivity contribution in [2.45, 2.75) is 26.2 Å². The molecule has 1 heterocycles. The molecule has 3 rings (SSSR count). The van der Waals surface area contributed by atoms with E-state index >= 15 is 0 Å². The maximum absolute atomic E-state index is 12.4. The van der Waals surface area contributed by atoms with E-state index in [2.05, 4.69) is 28.2 Å². The standard InChI is InChI=1S/C16H19BrN2O2/c1-10-2-7-13-14(8-10)16(21)19(15(13)20)9-18-12-5-3-11(17)4-6-12/h3-6,10,13-14,18H,2,7-9H2,1H3/t10-,13-,14+/m1/s1. The third-order valence-corrected chi connectivity index (χ3v) is 5.09. The molecular weight excluding hydrogens is 332 g/mol. The summed E-state index contributed by atoms with van der Waals surface area (Å²) < 4.78 is 1.00. The first-order chi connectivity index (χ1) is 10.1. The van der Waals surface area contributed by atoms with E-state index in [9.17, 15) is 9.59 Å². The molecule has 3 atom stereocenters. The van der Waals surface area contributed by atoms with Crippen molar-refractivity contribution in [3.05, 3.63) is 28.7 Å². The Labute approximate surface area is 133 Å². The molecule has 0 unspecified atom stereocenters. The van der Waals surface area contributed by atoms with Crippen LogP contribution in [0.15, 0.2) is 28.7 Å². The summed E-state index contributed by atoms with van der Waals surface area (Å²) in [5.74, 6) is 0.374. The van der Waals surface area contributed by atoms with Gasteiger partial charge in [0, 0.05) is 10.2 Å². The predicted molar refractivity (Wildman–Crippen MR) is 84.5 cm³/mol. The molecule has 2 aliphatic rings. The number of halogens is 1. The number of nitrogens with zero attached hydrogens (tertiary/aromatic N) is 1.